The van der Waals surface area contributed by atoms with Crippen LogP contribution in [0.15, 0.2) is 28.8 Å². The predicted molar refractivity (Wildman–Crippen MR) is 81.8 cm³/mol. The van der Waals surface area contributed by atoms with Crippen molar-refractivity contribution < 1.29 is 4.52 Å². The van der Waals surface area contributed by atoms with Gasteiger partial charge in [0.2, 0.25) is 0 Å². The number of nitrogens with one attached hydrogen (secondary N) is 1. The molecule has 108 valence electrons. The molecular weight excluding hydrogens is 248 g/mol. The highest BCUT2D eigenvalue weighted by molar-refractivity contribution is 5.26. The Kier molecular flexibility index (Phi) is 4.61. The van der Waals surface area contributed by atoms with E-state index in [1.807, 2.05) is 13.8 Å². The van der Waals surface area contributed by atoms with E-state index >= 15 is 0 Å². The molecular formula is C17H24N2O. The molecule has 0 radical (unpaired) electrons. The fourth-order valence-corrected chi connectivity index (χ4v) is 2.50. The highest BCUT2D eigenvalue weighted by atomic mass is 16.5. The summed E-state index contributed by atoms with van der Waals surface area (Å²) < 4.78 is 5.22. The lowest BCUT2D eigenvalue weighted by atomic mass is 10.0. The van der Waals surface area contributed by atoms with E-state index in [4.69, 9.17) is 4.52 Å². The van der Waals surface area contributed by atoms with Crippen molar-refractivity contribution in [1.29, 1.82) is 0 Å². The quantitative estimate of drug-likeness (QED) is 0.883. The first kappa shape index (κ1) is 14.8. The van der Waals surface area contributed by atoms with Crippen molar-refractivity contribution in [2.24, 2.45) is 0 Å². The van der Waals surface area contributed by atoms with Crippen LogP contribution >= 0.6 is 0 Å². The number of rotatable bonds is 5. The smallest absolute Gasteiger partial charge is 0.138 e. The number of benzene rings is 1. The van der Waals surface area contributed by atoms with Crippen LogP contribution in [0.4, 0.5) is 0 Å². The second kappa shape index (κ2) is 6.23. The van der Waals surface area contributed by atoms with E-state index in [2.05, 4.69) is 55.5 Å². The Labute approximate surface area is 121 Å². The molecule has 0 saturated heterocycles. The minimum atomic E-state index is 0.242. The van der Waals surface area contributed by atoms with Crippen LogP contribution in [-0.2, 0) is 6.54 Å². The van der Waals surface area contributed by atoms with Crippen molar-refractivity contribution in [3.8, 4) is 0 Å². The van der Waals surface area contributed by atoms with Crippen LogP contribution in [0.3, 0.4) is 0 Å². The summed E-state index contributed by atoms with van der Waals surface area (Å²) in [6.07, 6.45) is 0. The van der Waals surface area contributed by atoms with Gasteiger partial charge in [-0.15, -0.1) is 0 Å². The summed E-state index contributed by atoms with van der Waals surface area (Å²) in [5.74, 6) is 1.48. The third-order valence-corrected chi connectivity index (χ3v) is 3.78. The molecule has 1 atom stereocenters. The maximum atomic E-state index is 5.22. The highest BCUT2D eigenvalue weighted by Crippen LogP contribution is 2.21. The standard InChI is InChI=1S/C17H24N2O/c1-11(2)16-8-6-15(7-9-16)10-18-12(3)17-13(4)19-20-14(17)5/h6-9,11-12,18H,10H2,1-5H3. The van der Waals surface area contributed by atoms with Gasteiger partial charge < -0.3 is 9.84 Å². The van der Waals surface area contributed by atoms with Crippen molar-refractivity contribution in [2.45, 2.75) is 53.1 Å². The van der Waals surface area contributed by atoms with Crippen LogP contribution in [0, 0.1) is 13.8 Å². The van der Waals surface area contributed by atoms with Crippen LogP contribution in [0.1, 0.15) is 60.9 Å². The van der Waals surface area contributed by atoms with Crippen molar-refractivity contribution in [1.82, 2.24) is 10.5 Å². The van der Waals surface area contributed by atoms with E-state index in [1.165, 1.54) is 16.7 Å². The van der Waals surface area contributed by atoms with Crippen LogP contribution < -0.4 is 5.32 Å². The molecule has 1 N–H and O–H groups in total. The second-order valence-electron chi connectivity index (χ2n) is 5.74. The molecule has 3 nitrogen and oxygen atoms in total. The lowest BCUT2D eigenvalue weighted by Gasteiger charge is -2.14. The monoisotopic (exact) mass is 272 g/mol. The van der Waals surface area contributed by atoms with Gasteiger partial charge in [0.05, 0.1) is 5.69 Å². The van der Waals surface area contributed by atoms with Crippen molar-refractivity contribution in [3.05, 3.63) is 52.4 Å². The zero-order valence-corrected chi connectivity index (χ0v) is 13.0. The fourth-order valence-electron chi connectivity index (χ4n) is 2.50. The molecule has 1 aromatic heterocycles. The SMILES string of the molecule is Cc1noc(C)c1C(C)NCc1ccc(C(C)C)cc1. The van der Waals surface area contributed by atoms with Gasteiger partial charge in [-0.2, -0.15) is 0 Å². The third-order valence-electron chi connectivity index (χ3n) is 3.78. The predicted octanol–water partition coefficient (Wildman–Crippen LogP) is 4.27. The van der Waals surface area contributed by atoms with Crippen molar-refractivity contribution >= 4 is 0 Å². The third kappa shape index (κ3) is 3.28. The van der Waals surface area contributed by atoms with Gasteiger partial charge in [-0.05, 0) is 37.8 Å². The lowest BCUT2D eigenvalue weighted by molar-refractivity contribution is 0.390. The molecule has 2 aromatic rings. The summed E-state index contributed by atoms with van der Waals surface area (Å²) in [6.45, 7) is 11.4. The zero-order valence-electron chi connectivity index (χ0n) is 13.0. The summed E-state index contributed by atoms with van der Waals surface area (Å²) >= 11 is 0. The normalized spacial score (nSPS) is 12.9. The molecule has 0 bridgehead atoms. The molecule has 0 aliphatic carbocycles. The van der Waals surface area contributed by atoms with Gasteiger partial charge in [-0.25, -0.2) is 0 Å². The lowest BCUT2D eigenvalue weighted by Crippen LogP contribution is -2.19. The topological polar surface area (TPSA) is 38.1 Å². The molecule has 2 rings (SSSR count). The summed E-state index contributed by atoms with van der Waals surface area (Å²) in [6, 6.07) is 9.06. The molecule has 1 aromatic carbocycles. The van der Waals surface area contributed by atoms with Gasteiger partial charge in [-0.1, -0.05) is 43.3 Å². The maximum Gasteiger partial charge on any atom is 0.138 e. The molecule has 3 heteroatoms. The van der Waals surface area contributed by atoms with Crippen LogP contribution in [0.25, 0.3) is 0 Å². The van der Waals surface area contributed by atoms with Crippen LogP contribution in [0.2, 0.25) is 0 Å². The molecule has 1 heterocycles. The highest BCUT2D eigenvalue weighted by Gasteiger charge is 2.15. The van der Waals surface area contributed by atoms with Gasteiger partial charge in [0.15, 0.2) is 0 Å². The van der Waals surface area contributed by atoms with E-state index in [0.29, 0.717) is 5.92 Å². The Hall–Kier alpha value is -1.61. The molecule has 0 fully saturated rings. The molecule has 0 aliphatic heterocycles. The van der Waals surface area contributed by atoms with E-state index in [-0.39, 0.29) is 6.04 Å². The fraction of sp³-hybridized carbons (Fsp3) is 0.471. The van der Waals surface area contributed by atoms with E-state index in [1.54, 1.807) is 0 Å². The van der Waals surface area contributed by atoms with Gasteiger partial charge in [0, 0.05) is 18.2 Å². The Morgan fingerprint density at radius 1 is 1.10 bits per heavy atom. The minimum absolute atomic E-state index is 0.242. The largest absolute Gasteiger partial charge is 0.361 e. The average Bonchev–Trinajstić information content (AvgIpc) is 2.76. The minimum Gasteiger partial charge on any atom is -0.361 e. The number of nitrogens with zero attached hydrogens (tertiary/aromatic N) is 1. The van der Waals surface area contributed by atoms with Gasteiger partial charge >= 0.3 is 0 Å². The van der Waals surface area contributed by atoms with Gasteiger partial charge in [-0.3, -0.25) is 0 Å². The molecule has 0 saturated carbocycles. The van der Waals surface area contributed by atoms with Crippen LogP contribution in [0.5, 0.6) is 0 Å². The summed E-state index contributed by atoms with van der Waals surface area (Å²) in [4.78, 5) is 0. The van der Waals surface area contributed by atoms with Gasteiger partial charge in [0.1, 0.15) is 5.76 Å². The number of aromatic nitrogens is 1. The number of hydrogen-bond donors (Lipinski definition) is 1. The number of hydrogen-bond acceptors (Lipinski definition) is 3. The average molecular weight is 272 g/mol. The molecule has 20 heavy (non-hydrogen) atoms. The zero-order chi connectivity index (χ0) is 14.7. The first-order valence-corrected chi connectivity index (χ1v) is 7.24. The summed E-state index contributed by atoms with van der Waals surface area (Å²) in [5.41, 5.74) is 4.82. The van der Waals surface area contributed by atoms with Crippen LogP contribution in [-0.4, -0.2) is 5.16 Å². The first-order chi connectivity index (χ1) is 9.49. The van der Waals surface area contributed by atoms with Crippen molar-refractivity contribution in [3.63, 3.8) is 0 Å². The summed E-state index contributed by atoms with van der Waals surface area (Å²) in [5, 5.41) is 7.54. The summed E-state index contributed by atoms with van der Waals surface area (Å²) in [7, 11) is 0. The van der Waals surface area contributed by atoms with E-state index in [9.17, 15) is 0 Å². The Morgan fingerprint density at radius 2 is 1.75 bits per heavy atom. The maximum absolute atomic E-state index is 5.22. The van der Waals surface area contributed by atoms with Gasteiger partial charge in [0.25, 0.3) is 0 Å². The Balaban J connectivity index is 1.98. The molecule has 0 spiro atoms. The van der Waals surface area contributed by atoms with Crippen molar-refractivity contribution in [2.75, 3.05) is 0 Å². The number of aryl methyl sites for hydroxylation is 2. The second-order valence-corrected chi connectivity index (χ2v) is 5.74. The molecule has 0 aliphatic rings. The van der Waals surface area contributed by atoms with E-state index < -0.39 is 0 Å². The Morgan fingerprint density at radius 3 is 2.25 bits per heavy atom. The molecule has 0 amide bonds. The first-order valence-electron chi connectivity index (χ1n) is 7.24. The van der Waals surface area contributed by atoms with E-state index in [0.717, 1.165) is 18.0 Å². The molecule has 1 unspecified atom stereocenters. The Bertz CT molecular complexity index is 535.